The molecule has 0 radical (unpaired) electrons. The van der Waals surface area contributed by atoms with Crippen LogP contribution in [0.2, 0.25) is 0 Å². The lowest BCUT2D eigenvalue weighted by Gasteiger charge is -2.30. The number of piperidine rings is 1. The van der Waals surface area contributed by atoms with Crippen molar-refractivity contribution in [1.29, 1.82) is 0 Å². The van der Waals surface area contributed by atoms with Crippen molar-refractivity contribution >= 4 is 17.5 Å². The van der Waals surface area contributed by atoms with E-state index in [9.17, 15) is 4.79 Å². The van der Waals surface area contributed by atoms with E-state index < -0.39 is 0 Å². The summed E-state index contributed by atoms with van der Waals surface area (Å²) >= 11 is 0. The van der Waals surface area contributed by atoms with Gasteiger partial charge >= 0.3 is 0 Å². The van der Waals surface area contributed by atoms with Crippen LogP contribution >= 0.6 is 0 Å². The molecule has 24 heavy (non-hydrogen) atoms. The van der Waals surface area contributed by atoms with Crippen molar-refractivity contribution < 1.29 is 4.79 Å². The summed E-state index contributed by atoms with van der Waals surface area (Å²) in [6, 6.07) is 9.81. The van der Waals surface area contributed by atoms with Crippen molar-refractivity contribution in [3.05, 3.63) is 47.8 Å². The fraction of sp³-hybridized carbons (Fsp3) is 0.421. The van der Waals surface area contributed by atoms with Gasteiger partial charge in [0.15, 0.2) is 0 Å². The molecule has 2 aliphatic rings. The smallest absolute Gasteiger partial charge is 0.277 e. The van der Waals surface area contributed by atoms with E-state index in [-0.39, 0.29) is 5.91 Å². The molecule has 5 heteroatoms. The lowest BCUT2D eigenvalue weighted by Crippen LogP contribution is -2.35. The molecule has 3 heterocycles. The third kappa shape index (κ3) is 2.75. The summed E-state index contributed by atoms with van der Waals surface area (Å²) in [5, 5.41) is 0. The van der Waals surface area contributed by atoms with E-state index in [4.69, 9.17) is 0 Å². The second kappa shape index (κ2) is 6.23. The summed E-state index contributed by atoms with van der Waals surface area (Å²) in [5.41, 5.74) is 2.72. The number of para-hydroxylation sites is 1. The molecule has 1 aromatic heterocycles. The summed E-state index contributed by atoms with van der Waals surface area (Å²) in [5.74, 6) is 1.40. The van der Waals surface area contributed by atoms with Crippen molar-refractivity contribution in [1.82, 2.24) is 9.97 Å². The number of fused-ring (bicyclic) bond motifs is 1. The predicted octanol–water partition coefficient (Wildman–Crippen LogP) is 2.92. The molecule has 0 atom stereocenters. The van der Waals surface area contributed by atoms with Gasteiger partial charge in [-0.25, -0.2) is 9.97 Å². The number of hydrogen-bond donors (Lipinski definition) is 0. The van der Waals surface area contributed by atoms with Crippen LogP contribution in [0.15, 0.2) is 36.5 Å². The molecule has 1 saturated heterocycles. The highest BCUT2D eigenvalue weighted by atomic mass is 16.2. The first-order valence-electron chi connectivity index (χ1n) is 8.70. The van der Waals surface area contributed by atoms with E-state index in [1.807, 2.05) is 23.1 Å². The minimum atomic E-state index is -0.0334. The summed E-state index contributed by atoms with van der Waals surface area (Å²) in [6.07, 6.45) is 4.92. The number of benzene rings is 1. The molecule has 0 aliphatic carbocycles. The van der Waals surface area contributed by atoms with E-state index in [1.165, 1.54) is 5.56 Å². The van der Waals surface area contributed by atoms with E-state index in [0.717, 1.165) is 50.5 Å². The Kier molecular flexibility index (Phi) is 3.92. The number of hydrogen-bond acceptors (Lipinski definition) is 4. The number of carbonyl (C=O) groups excluding carboxylic acids is 1. The molecule has 2 aromatic rings. The Labute approximate surface area is 142 Å². The Morgan fingerprint density at radius 3 is 2.75 bits per heavy atom. The van der Waals surface area contributed by atoms with E-state index in [0.29, 0.717) is 11.6 Å². The number of carbonyl (C=O) groups is 1. The first-order chi connectivity index (χ1) is 11.7. The van der Waals surface area contributed by atoms with Gasteiger partial charge in [-0.1, -0.05) is 25.1 Å². The minimum absolute atomic E-state index is 0.0334. The molecule has 124 valence electrons. The lowest BCUT2D eigenvalue weighted by molar-refractivity contribution is 0.0984. The van der Waals surface area contributed by atoms with Crippen molar-refractivity contribution in [2.75, 3.05) is 29.4 Å². The van der Waals surface area contributed by atoms with Crippen LogP contribution in [-0.2, 0) is 6.42 Å². The third-order valence-electron chi connectivity index (χ3n) is 5.06. The fourth-order valence-electron chi connectivity index (χ4n) is 3.52. The highest BCUT2D eigenvalue weighted by Crippen LogP contribution is 2.29. The number of amides is 1. The fourth-order valence-corrected chi connectivity index (χ4v) is 3.52. The normalized spacial score (nSPS) is 17.9. The molecule has 0 bridgehead atoms. The van der Waals surface area contributed by atoms with E-state index in [1.54, 1.807) is 12.3 Å². The summed E-state index contributed by atoms with van der Waals surface area (Å²) < 4.78 is 0. The molecule has 5 nitrogen and oxygen atoms in total. The van der Waals surface area contributed by atoms with Crippen LogP contribution in [0.4, 0.5) is 11.6 Å². The molecule has 1 amide bonds. The highest BCUT2D eigenvalue weighted by molar-refractivity contribution is 6.06. The first kappa shape index (κ1) is 15.1. The molecule has 0 unspecified atom stereocenters. The first-order valence-corrected chi connectivity index (χ1v) is 8.70. The second-order valence-electron chi connectivity index (χ2n) is 6.75. The third-order valence-corrected chi connectivity index (χ3v) is 5.06. The van der Waals surface area contributed by atoms with E-state index in [2.05, 4.69) is 27.9 Å². The number of aromatic nitrogens is 2. The highest BCUT2D eigenvalue weighted by Gasteiger charge is 2.27. The van der Waals surface area contributed by atoms with Gasteiger partial charge < -0.3 is 9.80 Å². The van der Waals surface area contributed by atoms with E-state index >= 15 is 0 Å². The molecule has 0 saturated carbocycles. The van der Waals surface area contributed by atoms with Gasteiger partial charge in [-0.15, -0.1) is 0 Å². The average Bonchev–Trinajstić information content (AvgIpc) is 3.06. The summed E-state index contributed by atoms with van der Waals surface area (Å²) in [7, 11) is 0. The SMILES string of the molecule is CC1CCN(c2nccc(C(=O)N3CCc4ccccc43)n2)CC1. The van der Waals surface area contributed by atoms with Gasteiger partial charge in [0, 0.05) is 31.5 Å². The monoisotopic (exact) mass is 322 g/mol. The Morgan fingerprint density at radius 1 is 1.12 bits per heavy atom. The molecule has 0 spiro atoms. The van der Waals surface area contributed by atoms with Crippen molar-refractivity contribution in [2.45, 2.75) is 26.2 Å². The summed E-state index contributed by atoms with van der Waals surface area (Å²) in [6.45, 7) is 4.93. The van der Waals surface area contributed by atoms with Gasteiger partial charge in [-0.3, -0.25) is 4.79 Å². The molecule has 0 N–H and O–H groups in total. The zero-order chi connectivity index (χ0) is 16.5. The molecule has 1 aromatic carbocycles. The van der Waals surface area contributed by atoms with Gasteiger partial charge in [0.25, 0.3) is 5.91 Å². The Morgan fingerprint density at radius 2 is 1.92 bits per heavy atom. The van der Waals surface area contributed by atoms with Crippen LogP contribution in [0.5, 0.6) is 0 Å². The maximum atomic E-state index is 12.9. The minimum Gasteiger partial charge on any atom is -0.341 e. The maximum Gasteiger partial charge on any atom is 0.277 e. The van der Waals surface area contributed by atoms with Gasteiger partial charge in [0.05, 0.1) is 0 Å². The largest absolute Gasteiger partial charge is 0.341 e. The van der Waals surface area contributed by atoms with Gasteiger partial charge in [-0.05, 0) is 42.9 Å². The Hall–Kier alpha value is -2.43. The Balaban J connectivity index is 1.57. The standard InChI is InChI=1S/C19H22N4O/c1-14-7-11-22(12-8-14)19-20-10-6-16(21-19)18(24)23-13-9-15-4-2-3-5-17(15)23/h2-6,10,14H,7-9,11-13H2,1H3. The predicted molar refractivity (Wildman–Crippen MR) is 94.5 cm³/mol. The molecule has 1 fully saturated rings. The van der Waals surface area contributed by atoms with Gasteiger partial charge in [-0.2, -0.15) is 0 Å². The zero-order valence-corrected chi connectivity index (χ0v) is 14.0. The maximum absolute atomic E-state index is 12.9. The summed E-state index contributed by atoms with van der Waals surface area (Å²) in [4.78, 5) is 25.9. The van der Waals surface area contributed by atoms with Gasteiger partial charge in [0.1, 0.15) is 5.69 Å². The molecule has 4 rings (SSSR count). The topological polar surface area (TPSA) is 49.3 Å². The number of nitrogens with zero attached hydrogens (tertiary/aromatic N) is 4. The quantitative estimate of drug-likeness (QED) is 0.853. The van der Waals surface area contributed by atoms with Crippen molar-refractivity contribution in [3.63, 3.8) is 0 Å². The second-order valence-corrected chi connectivity index (χ2v) is 6.75. The van der Waals surface area contributed by atoms with Crippen LogP contribution in [0.1, 0.15) is 35.8 Å². The number of anilines is 2. The van der Waals surface area contributed by atoms with Crippen LogP contribution in [-0.4, -0.2) is 35.5 Å². The van der Waals surface area contributed by atoms with Crippen molar-refractivity contribution in [2.24, 2.45) is 5.92 Å². The van der Waals surface area contributed by atoms with Gasteiger partial charge in [0.2, 0.25) is 5.95 Å². The van der Waals surface area contributed by atoms with Crippen LogP contribution in [0.25, 0.3) is 0 Å². The molecule has 2 aliphatic heterocycles. The van der Waals surface area contributed by atoms with Crippen LogP contribution in [0.3, 0.4) is 0 Å². The lowest BCUT2D eigenvalue weighted by atomic mass is 10.00. The zero-order valence-electron chi connectivity index (χ0n) is 14.0. The van der Waals surface area contributed by atoms with Crippen LogP contribution < -0.4 is 9.80 Å². The van der Waals surface area contributed by atoms with Crippen molar-refractivity contribution in [3.8, 4) is 0 Å². The Bertz CT molecular complexity index is 753. The van der Waals surface area contributed by atoms with Crippen LogP contribution in [0, 0.1) is 5.92 Å². The molecular weight excluding hydrogens is 300 g/mol. The average molecular weight is 322 g/mol. The number of rotatable bonds is 2. The molecular formula is C19H22N4O.